The number of non-ortho nitro benzene ring substituents is 1. The third-order valence-corrected chi connectivity index (χ3v) is 3.14. The van der Waals surface area contributed by atoms with Gasteiger partial charge < -0.3 is 5.11 Å². The van der Waals surface area contributed by atoms with E-state index in [9.17, 15) is 10.1 Å². The van der Waals surface area contributed by atoms with Crippen LogP contribution in [0.2, 0.25) is 0 Å². The molecule has 94 valence electrons. The molecular formula is C10H9BrN4O3. The molecule has 0 aliphatic rings. The van der Waals surface area contributed by atoms with E-state index < -0.39 is 4.92 Å². The smallest absolute Gasteiger partial charge is 0.270 e. The Morgan fingerprint density at radius 3 is 2.89 bits per heavy atom. The summed E-state index contributed by atoms with van der Waals surface area (Å²) >= 11 is 3.28. The maximum absolute atomic E-state index is 10.6. The van der Waals surface area contributed by atoms with Crippen LogP contribution in [0.3, 0.4) is 0 Å². The van der Waals surface area contributed by atoms with Gasteiger partial charge in [0, 0.05) is 16.6 Å². The highest BCUT2D eigenvalue weighted by Gasteiger charge is 2.11. The van der Waals surface area contributed by atoms with Crippen molar-refractivity contribution < 1.29 is 10.0 Å². The molecule has 0 aliphatic carbocycles. The standard InChI is InChI=1S/C10H9BrN4O3/c11-9-3-8(15(17)18)2-1-7(9)4-14-10(5-16)12-6-13-14/h1-3,6,16H,4-5H2. The van der Waals surface area contributed by atoms with Gasteiger partial charge in [0.15, 0.2) is 5.82 Å². The molecule has 0 spiro atoms. The fourth-order valence-corrected chi connectivity index (χ4v) is 1.97. The molecule has 0 fully saturated rings. The fourth-order valence-electron chi connectivity index (χ4n) is 1.48. The SMILES string of the molecule is O=[N+]([O-])c1ccc(Cn2ncnc2CO)c(Br)c1. The molecule has 0 aliphatic heterocycles. The first-order valence-corrected chi connectivity index (χ1v) is 5.81. The van der Waals surface area contributed by atoms with Crippen LogP contribution < -0.4 is 0 Å². The van der Waals surface area contributed by atoms with Crippen molar-refractivity contribution in [1.29, 1.82) is 0 Å². The van der Waals surface area contributed by atoms with E-state index in [2.05, 4.69) is 26.0 Å². The van der Waals surface area contributed by atoms with E-state index in [-0.39, 0.29) is 12.3 Å². The number of nitrogens with zero attached hydrogens (tertiary/aromatic N) is 4. The van der Waals surface area contributed by atoms with E-state index in [1.807, 2.05) is 0 Å². The number of halogens is 1. The van der Waals surface area contributed by atoms with Crippen LogP contribution in [0, 0.1) is 10.1 Å². The molecule has 18 heavy (non-hydrogen) atoms. The molecule has 8 heteroatoms. The number of aliphatic hydroxyl groups is 1. The Morgan fingerprint density at radius 1 is 1.50 bits per heavy atom. The molecule has 1 heterocycles. The van der Waals surface area contributed by atoms with Gasteiger partial charge in [0.2, 0.25) is 0 Å². The van der Waals surface area contributed by atoms with E-state index in [4.69, 9.17) is 5.11 Å². The Balaban J connectivity index is 2.27. The highest BCUT2D eigenvalue weighted by atomic mass is 79.9. The first-order chi connectivity index (χ1) is 8.61. The van der Waals surface area contributed by atoms with Crippen LogP contribution in [0.4, 0.5) is 5.69 Å². The first-order valence-electron chi connectivity index (χ1n) is 5.02. The molecule has 1 aromatic carbocycles. The van der Waals surface area contributed by atoms with Crippen LogP contribution in [0.5, 0.6) is 0 Å². The molecule has 0 saturated heterocycles. The van der Waals surface area contributed by atoms with Crippen LogP contribution in [0.1, 0.15) is 11.4 Å². The molecule has 1 aromatic heterocycles. The number of hydrogen-bond donors (Lipinski definition) is 1. The van der Waals surface area contributed by atoms with Crippen molar-refractivity contribution in [2.75, 3.05) is 0 Å². The second-order valence-electron chi connectivity index (χ2n) is 3.52. The van der Waals surface area contributed by atoms with E-state index in [0.29, 0.717) is 16.8 Å². The molecule has 1 N–H and O–H groups in total. The minimum atomic E-state index is -0.455. The summed E-state index contributed by atoms with van der Waals surface area (Å²) in [6.45, 7) is 0.180. The highest BCUT2D eigenvalue weighted by molar-refractivity contribution is 9.10. The molecule has 0 radical (unpaired) electrons. The predicted octanol–water partition coefficient (Wildman–Crippen LogP) is 1.49. The zero-order valence-corrected chi connectivity index (χ0v) is 10.7. The summed E-state index contributed by atoms with van der Waals surface area (Å²) in [5.74, 6) is 0.445. The molecule has 0 amide bonds. The topological polar surface area (TPSA) is 94.1 Å². The lowest BCUT2D eigenvalue weighted by Gasteiger charge is -2.06. The second kappa shape index (κ2) is 5.23. The predicted molar refractivity (Wildman–Crippen MR) is 65.8 cm³/mol. The number of aliphatic hydroxyl groups excluding tert-OH is 1. The molecular weight excluding hydrogens is 304 g/mol. The van der Waals surface area contributed by atoms with Crippen molar-refractivity contribution in [1.82, 2.24) is 14.8 Å². The maximum atomic E-state index is 10.6. The summed E-state index contributed by atoms with van der Waals surface area (Å²) in [7, 11) is 0. The van der Waals surface area contributed by atoms with E-state index >= 15 is 0 Å². The van der Waals surface area contributed by atoms with Crippen LogP contribution in [0.15, 0.2) is 29.0 Å². The van der Waals surface area contributed by atoms with Crippen molar-refractivity contribution in [2.24, 2.45) is 0 Å². The number of rotatable bonds is 4. The lowest BCUT2D eigenvalue weighted by molar-refractivity contribution is -0.384. The third kappa shape index (κ3) is 2.54. The van der Waals surface area contributed by atoms with Gasteiger partial charge in [-0.2, -0.15) is 5.10 Å². The monoisotopic (exact) mass is 312 g/mol. The number of nitro benzene ring substituents is 1. The summed E-state index contributed by atoms with van der Waals surface area (Å²) in [6.07, 6.45) is 1.35. The molecule has 0 bridgehead atoms. The summed E-state index contributed by atoms with van der Waals surface area (Å²) in [6, 6.07) is 4.51. The van der Waals surface area contributed by atoms with Gasteiger partial charge in [-0.25, -0.2) is 9.67 Å². The number of nitro groups is 1. The minimum absolute atomic E-state index is 0.0200. The van der Waals surface area contributed by atoms with Crippen LogP contribution in [-0.2, 0) is 13.2 Å². The highest BCUT2D eigenvalue weighted by Crippen LogP contribution is 2.23. The van der Waals surface area contributed by atoms with Gasteiger partial charge in [-0.15, -0.1) is 0 Å². The quantitative estimate of drug-likeness (QED) is 0.682. The number of aromatic nitrogens is 3. The molecule has 7 nitrogen and oxygen atoms in total. The lowest BCUT2D eigenvalue weighted by Crippen LogP contribution is -2.07. The summed E-state index contributed by atoms with van der Waals surface area (Å²) in [4.78, 5) is 14.0. The molecule has 0 unspecified atom stereocenters. The van der Waals surface area contributed by atoms with Gasteiger partial charge >= 0.3 is 0 Å². The zero-order valence-electron chi connectivity index (χ0n) is 9.15. The lowest BCUT2D eigenvalue weighted by atomic mass is 10.2. The number of benzene rings is 1. The van der Waals surface area contributed by atoms with Gasteiger partial charge in [-0.1, -0.05) is 15.9 Å². The summed E-state index contributed by atoms with van der Waals surface area (Å²) in [5.41, 5.74) is 0.840. The molecule has 2 aromatic rings. The largest absolute Gasteiger partial charge is 0.388 e. The van der Waals surface area contributed by atoms with Crippen molar-refractivity contribution >= 4 is 21.6 Å². The summed E-state index contributed by atoms with van der Waals surface area (Å²) < 4.78 is 2.16. The van der Waals surface area contributed by atoms with E-state index in [1.165, 1.54) is 23.1 Å². The van der Waals surface area contributed by atoms with Crippen LogP contribution in [0.25, 0.3) is 0 Å². The first kappa shape index (κ1) is 12.7. The Hall–Kier alpha value is -1.80. The zero-order chi connectivity index (χ0) is 13.1. The Labute approximate surface area is 110 Å². The Kier molecular flexibility index (Phi) is 3.68. The molecule has 0 atom stereocenters. The van der Waals surface area contributed by atoms with Crippen molar-refractivity contribution in [3.05, 3.63) is 50.5 Å². The normalized spacial score (nSPS) is 10.6. The number of hydrogen-bond acceptors (Lipinski definition) is 5. The van der Waals surface area contributed by atoms with Gasteiger partial charge in [-0.3, -0.25) is 10.1 Å². The van der Waals surface area contributed by atoms with Crippen molar-refractivity contribution in [3.63, 3.8) is 0 Å². The minimum Gasteiger partial charge on any atom is -0.388 e. The summed E-state index contributed by atoms with van der Waals surface area (Å²) in [5, 5.41) is 23.6. The Morgan fingerprint density at radius 2 is 2.28 bits per heavy atom. The van der Waals surface area contributed by atoms with E-state index in [1.54, 1.807) is 6.07 Å². The van der Waals surface area contributed by atoms with Crippen molar-refractivity contribution in [2.45, 2.75) is 13.2 Å². The van der Waals surface area contributed by atoms with Gasteiger partial charge in [0.25, 0.3) is 5.69 Å². The average molecular weight is 313 g/mol. The average Bonchev–Trinajstić information content (AvgIpc) is 2.78. The van der Waals surface area contributed by atoms with Crippen LogP contribution in [-0.4, -0.2) is 24.8 Å². The van der Waals surface area contributed by atoms with Crippen LogP contribution >= 0.6 is 15.9 Å². The second-order valence-corrected chi connectivity index (χ2v) is 4.38. The molecule has 2 rings (SSSR count). The fraction of sp³-hybridized carbons (Fsp3) is 0.200. The molecule has 0 saturated carbocycles. The van der Waals surface area contributed by atoms with Gasteiger partial charge in [-0.05, 0) is 11.6 Å². The Bertz CT molecular complexity index is 584. The van der Waals surface area contributed by atoms with E-state index in [0.717, 1.165) is 5.56 Å². The van der Waals surface area contributed by atoms with Gasteiger partial charge in [0.05, 0.1) is 11.5 Å². The third-order valence-electron chi connectivity index (χ3n) is 2.40. The maximum Gasteiger partial charge on any atom is 0.270 e. The van der Waals surface area contributed by atoms with Gasteiger partial charge in [0.1, 0.15) is 12.9 Å². The van der Waals surface area contributed by atoms with Crippen molar-refractivity contribution in [3.8, 4) is 0 Å².